The molecule has 0 aliphatic heterocycles. The molecule has 0 saturated carbocycles. The Hall–Kier alpha value is -2.14. The van der Waals surface area contributed by atoms with Crippen molar-refractivity contribution < 1.29 is 22.7 Å². The fourth-order valence-electron chi connectivity index (χ4n) is 2.12. The van der Waals surface area contributed by atoms with Crippen molar-refractivity contribution in [2.75, 3.05) is 13.2 Å². The van der Waals surface area contributed by atoms with E-state index in [1.165, 1.54) is 10.9 Å². The lowest BCUT2D eigenvalue weighted by molar-refractivity contribution is -0.147. The highest BCUT2D eigenvalue weighted by Gasteiger charge is 2.18. The molecule has 0 aliphatic carbocycles. The maximum Gasteiger partial charge on any atom is 0.321 e. The molecule has 28 heavy (non-hydrogen) atoms. The molecule has 1 aromatic heterocycles. The fourth-order valence-corrected chi connectivity index (χ4v) is 3.38. The van der Waals surface area contributed by atoms with E-state index in [0.717, 1.165) is 11.8 Å². The molecule has 0 spiro atoms. The van der Waals surface area contributed by atoms with Gasteiger partial charge in [0, 0.05) is 13.2 Å². The number of ether oxygens (including phenoxy) is 1. The molecule has 1 heterocycles. The Balaban J connectivity index is 1.78. The highest BCUT2D eigenvalue weighted by molar-refractivity contribution is 7.89. The number of benzene rings is 1. The molecule has 12 heteroatoms. The monoisotopic (exact) mass is 448 g/mol. The number of rotatable bonds is 8. The first-order valence-corrected chi connectivity index (χ1v) is 10.2. The highest BCUT2D eigenvalue weighted by Crippen LogP contribution is 2.25. The van der Waals surface area contributed by atoms with Crippen molar-refractivity contribution in [3.05, 3.63) is 46.2 Å². The molecule has 1 unspecified atom stereocenters. The van der Waals surface area contributed by atoms with Crippen LogP contribution in [0, 0.1) is 0 Å². The molecular formula is C16H18Cl2N4O5S. The average Bonchev–Trinajstić information content (AvgIpc) is 3.08. The van der Waals surface area contributed by atoms with Crippen LogP contribution in [-0.4, -0.2) is 43.2 Å². The van der Waals surface area contributed by atoms with Gasteiger partial charge in [0.15, 0.2) is 6.61 Å². The van der Waals surface area contributed by atoms with Crippen LogP contribution in [0.4, 0.5) is 0 Å². The number of amides is 1. The lowest BCUT2D eigenvalue weighted by atomic mass is 10.1. The Morgan fingerprint density at radius 2 is 2.00 bits per heavy atom. The Labute approximate surface area is 172 Å². The van der Waals surface area contributed by atoms with Gasteiger partial charge in [-0.15, -0.1) is 0 Å². The summed E-state index contributed by atoms with van der Waals surface area (Å²) in [5.41, 5.74) is 0.721. The predicted molar refractivity (Wildman–Crippen MR) is 102 cm³/mol. The maximum atomic E-state index is 12.0. The van der Waals surface area contributed by atoms with Crippen LogP contribution in [0.15, 0.2) is 35.5 Å². The number of halogens is 2. The lowest BCUT2D eigenvalue weighted by Gasteiger charge is -2.15. The van der Waals surface area contributed by atoms with E-state index in [9.17, 15) is 18.0 Å². The van der Waals surface area contributed by atoms with Crippen LogP contribution in [0.5, 0.6) is 0 Å². The van der Waals surface area contributed by atoms with Crippen molar-refractivity contribution in [1.29, 1.82) is 0 Å². The van der Waals surface area contributed by atoms with Gasteiger partial charge in [-0.3, -0.25) is 14.3 Å². The van der Waals surface area contributed by atoms with Crippen LogP contribution in [0.3, 0.4) is 0 Å². The summed E-state index contributed by atoms with van der Waals surface area (Å²) in [7, 11) is -2.33. The van der Waals surface area contributed by atoms with E-state index in [0.29, 0.717) is 10.0 Å². The number of aryl methyl sites for hydroxylation is 1. The third kappa shape index (κ3) is 6.20. The zero-order valence-electron chi connectivity index (χ0n) is 15.0. The van der Waals surface area contributed by atoms with Gasteiger partial charge in [0.2, 0.25) is 10.0 Å². The summed E-state index contributed by atoms with van der Waals surface area (Å²) in [4.78, 5) is 23.5. The number of nitrogens with one attached hydrogen (secondary N) is 2. The van der Waals surface area contributed by atoms with Gasteiger partial charge in [-0.05, 0) is 24.6 Å². The smallest absolute Gasteiger partial charge is 0.321 e. The molecule has 152 valence electrons. The molecule has 2 rings (SSSR count). The summed E-state index contributed by atoms with van der Waals surface area (Å²) >= 11 is 11.8. The molecule has 2 aromatic rings. The summed E-state index contributed by atoms with van der Waals surface area (Å²) < 4.78 is 32.1. The molecule has 1 amide bonds. The van der Waals surface area contributed by atoms with Crippen LogP contribution in [0.1, 0.15) is 18.5 Å². The van der Waals surface area contributed by atoms with Crippen LogP contribution >= 0.6 is 23.2 Å². The van der Waals surface area contributed by atoms with Gasteiger partial charge in [0.1, 0.15) is 11.4 Å². The van der Waals surface area contributed by atoms with Crippen molar-refractivity contribution in [1.82, 2.24) is 19.8 Å². The maximum absolute atomic E-state index is 12.0. The Morgan fingerprint density at radius 3 is 2.61 bits per heavy atom. The molecule has 0 saturated heterocycles. The summed E-state index contributed by atoms with van der Waals surface area (Å²) in [5, 5.41) is 7.13. The van der Waals surface area contributed by atoms with Gasteiger partial charge in [0.25, 0.3) is 5.91 Å². The van der Waals surface area contributed by atoms with Crippen molar-refractivity contribution in [2.24, 2.45) is 7.05 Å². The fraction of sp³-hybridized carbons (Fsp3) is 0.312. The van der Waals surface area contributed by atoms with Crippen molar-refractivity contribution >= 4 is 45.1 Å². The molecule has 0 radical (unpaired) electrons. The van der Waals surface area contributed by atoms with Gasteiger partial charge < -0.3 is 10.1 Å². The number of nitrogens with zero attached hydrogens (tertiary/aromatic N) is 2. The summed E-state index contributed by atoms with van der Waals surface area (Å²) in [5.74, 6) is -1.45. The molecule has 0 bridgehead atoms. The Kier molecular flexibility index (Phi) is 7.41. The molecule has 1 aromatic carbocycles. The van der Waals surface area contributed by atoms with Crippen molar-refractivity contribution in [2.45, 2.75) is 17.9 Å². The second kappa shape index (κ2) is 9.37. The minimum absolute atomic E-state index is 0.0870. The summed E-state index contributed by atoms with van der Waals surface area (Å²) in [6.45, 7) is 0.549. The number of sulfonamides is 1. The van der Waals surface area contributed by atoms with Crippen LogP contribution in [0.25, 0.3) is 0 Å². The summed E-state index contributed by atoms with van der Waals surface area (Å²) in [6, 6.07) is 4.54. The van der Waals surface area contributed by atoms with Gasteiger partial charge in [0.05, 0.1) is 22.3 Å². The molecular weight excluding hydrogens is 431 g/mol. The first-order valence-electron chi connectivity index (χ1n) is 7.96. The number of carbonyl (C=O) groups excluding carboxylic acids is 2. The van der Waals surface area contributed by atoms with E-state index in [1.807, 2.05) is 0 Å². The Bertz CT molecular complexity index is 977. The number of hydrogen-bond donors (Lipinski definition) is 2. The minimum atomic E-state index is -3.89. The normalized spacial score (nSPS) is 12.4. The highest BCUT2D eigenvalue weighted by atomic mass is 35.5. The van der Waals surface area contributed by atoms with Gasteiger partial charge in [-0.25, -0.2) is 8.42 Å². The predicted octanol–water partition coefficient (Wildman–Crippen LogP) is 1.43. The van der Waals surface area contributed by atoms with Crippen LogP contribution in [0.2, 0.25) is 10.0 Å². The average molecular weight is 449 g/mol. The van der Waals surface area contributed by atoms with E-state index in [-0.39, 0.29) is 4.90 Å². The Morgan fingerprint density at radius 1 is 1.29 bits per heavy atom. The van der Waals surface area contributed by atoms with E-state index >= 15 is 0 Å². The third-order valence-electron chi connectivity index (χ3n) is 3.58. The van der Waals surface area contributed by atoms with E-state index < -0.39 is 41.1 Å². The molecule has 0 aliphatic rings. The van der Waals surface area contributed by atoms with Gasteiger partial charge in [-0.2, -0.15) is 9.82 Å². The first kappa shape index (κ1) is 22.2. The number of aromatic nitrogens is 2. The van der Waals surface area contributed by atoms with Crippen molar-refractivity contribution in [3.8, 4) is 0 Å². The zero-order chi connectivity index (χ0) is 20.9. The number of carbonyl (C=O) groups is 2. The second-order valence-electron chi connectivity index (χ2n) is 5.80. The lowest BCUT2D eigenvalue weighted by Crippen LogP contribution is -2.34. The van der Waals surface area contributed by atoms with E-state index in [4.69, 9.17) is 27.9 Å². The standard InChI is InChI=1S/C16H18Cl2N4O5S/c1-10(11-3-4-13(17)14(18)5-11)21-15(23)9-27-16(24)7-20-28(25,26)12-6-19-22(2)8-12/h3-6,8,10,20H,7,9H2,1-2H3,(H,21,23). The topological polar surface area (TPSA) is 119 Å². The van der Waals surface area contributed by atoms with Crippen LogP contribution in [-0.2, 0) is 31.4 Å². The first-order chi connectivity index (χ1) is 13.1. The quantitative estimate of drug-likeness (QED) is 0.589. The summed E-state index contributed by atoms with van der Waals surface area (Å²) in [6.07, 6.45) is 2.43. The molecule has 9 nitrogen and oxygen atoms in total. The SMILES string of the molecule is CC(NC(=O)COC(=O)CNS(=O)(=O)c1cnn(C)c1)c1ccc(Cl)c(Cl)c1. The third-order valence-corrected chi connectivity index (χ3v) is 5.68. The zero-order valence-corrected chi connectivity index (χ0v) is 17.3. The van der Waals surface area contributed by atoms with E-state index in [2.05, 4.69) is 15.1 Å². The minimum Gasteiger partial charge on any atom is -0.455 e. The van der Waals surface area contributed by atoms with E-state index in [1.54, 1.807) is 32.2 Å². The molecule has 2 N–H and O–H groups in total. The van der Waals surface area contributed by atoms with Crippen LogP contribution < -0.4 is 10.0 Å². The molecule has 0 fully saturated rings. The molecule has 1 atom stereocenters. The number of esters is 1. The largest absolute Gasteiger partial charge is 0.455 e. The number of hydrogen-bond acceptors (Lipinski definition) is 6. The second-order valence-corrected chi connectivity index (χ2v) is 8.38. The van der Waals surface area contributed by atoms with Gasteiger partial charge >= 0.3 is 5.97 Å². The van der Waals surface area contributed by atoms with Crippen molar-refractivity contribution in [3.63, 3.8) is 0 Å². The van der Waals surface area contributed by atoms with Gasteiger partial charge in [-0.1, -0.05) is 29.3 Å².